The zero-order valence-corrected chi connectivity index (χ0v) is 16.0. The predicted molar refractivity (Wildman–Crippen MR) is 112 cm³/mol. The van der Waals surface area contributed by atoms with Gasteiger partial charge in [0.15, 0.2) is 5.11 Å². The van der Waals surface area contributed by atoms with Crippen LogP contribution in [0, 0.1) is 0 Å². The summed E-state index contributed by atoms with van der Waals surface area (Å²) in [6.07, 6.45) is 3.94. The van der Waals surface area contributed by atoms with E-state index in [1.54, 1.807) is 0 Å². The molecule has 132 valence electrons. The van der Waals surface area contributed by atoms with Gasteiger partial charge in [-0.05, 0) is 68.2 Å². The second kappa shape index (κ2) is 8.54. The Hall–Kier alpha value is -1.78. The van der Waals surface area contributed by atoms with Crippen LogP contribution in [0.4, 0.5) is 11.4 Å². The van der Waals surface area contributed by atoms with Gasteiger partial charge in [0.1, 0.15) is 0 Å². The Bertz CT molecular complexity index is 711. The van der Waals surface area contributed by atoms with Gasteiger partial charge in [-0.3, -0.25) is 0 Å². The van der Waals surface area contributed by atoms with Crippen molar-refractivity contribution in [1.29, 1.82) is 0 Å². The highest BCUT2D eigenvalue weighted by atomic mass is 35.5. The third-order valence-electron chi connectivity index (χ3n) is 4.58. The zero-order chi connectivity index (χ0) is 17.6. The van der Waals surface area contributed by atoms with Gasteiger partial charge in [-0.15, -0.1) is 0 Å². The van der Waals surface area contributed by atoms with E-state index in [1.165, 1.54) is 43.6 Å². The molecule has 2 N–H and O–H groups in total. The van der Waals surface area contributed by atoms with E-state index in [0.717, 1.165) is 5.69 Å². The number of hydrogen-bond acceptors (Lipinski definition) is 2. The Morgan fingerprint density at radius 2 is 1.72 bits per heavy atom. The van der Waals surface area contributed by atoms with Gasteiger partial charge in [-0.25, -0.2) is 0 Å². The largest absolute Gasteiger partial charge is 0.372 e. The fourth-order valence-electron chi connectivity index (χ4n) is 3.13. The minimum absolute atomic E-state index is 0.123. The molecule has 2 aromatic rings. The summed E-state index contributed by atoms with van der Waals surface area (Å²) in [5.41, 5.74) is 3.34. The van der Waals surface area contributed by atoms with Crippen molar-refractivity contribution in [3.05, 3.63) is 59.1 Å². The minimum atomic E-state index is 0.123. The van der Waals surface area contributed by atoms with Crippen LogP contribution in [0.2, 0.25) is 5.02 Å². The lowest BCUT2D eigenvalue weighted by molar-refractivity contribution is 0.577. The molecule has 0 aliphatic carbocycles. The molecule has 2 aromatic carbocycles. The highest BCUT2D eigenvalue weighted by Gasteiger charge is 2.12. The molecule has 1 aliphatic heterocycles. The molecule has 0 bridgehead atoms. The van der Waals surface area contributed by atoms with Gasteiger partial charge in [-0.2, -0.15) is 0 Å². The van der Waals surface area contributed by atoms with Crippen LogP contribution in [0.15, 0.2) is 48.5 Å². The molecule has 5 heteroatoms. The molecule has 25 heavy (non-hydrogen) atoms. The second-order valence-corrected chi connectivity index (χ2v) is 7.25. The molecule has 0 saturated carbocycles. The topological polar surface area (TPSA) is 27.3 Å². The molecule has 0 spiro atoms. The number of piperidine rings is 1. The average molecular weight is 374 g/mol. The number of para-hydroxylation sites is 1. The summed E-state index contributed by atoms with van der Waals surface area (Å²) < 4.78 is 0. The molecule has 0 radical (unpaired) electrons. The Labute approximate surface area is 160 Å². The van der Waals surface area contributed by atoms with Crippen molar-refractivity contribution < 1.29 is 0 Å². The summed E-state index contributed by atoms with van der Waals surface area (Å²) in [6, 6.07) is 16.5. The minimum Gasteiger partial charge on any atom is -0.372 e. The van der Waals surface area contributed by atoms with E-state index in [0.29, 0.717) is 10.1 Å². The van der Waals surface area contributed by atoms with Crippen LogP contribution >= 0.6 is 23.8 Å². The smallest absolute Gasteiger partial charge is 0.171 e. The van der Waals surface area contributed by atoms with Crippen LogP contribution in [0.25, 0.3) is 0 Å². The van der Waals surface area contributed by atoms with E-state index in [4.69, 9.17) is 23.8 Å². The lowest BCUT2D eigenvalue weighted by Gasteiger charge is -2.29. The molecule has 1 unspecified atom stereocenters. The number of rotatable bonds is 4. The van der Waals surface area contributed by atoms with Crippen LogP contribution in [0.3, 0.4) is 0 Å². The first-order chi connectivity index (χ1) is 12.1. The zero-order valence-electron chi connectivity index (χ0n) is 14.5. The molecule has 0 aromatic heterocycles. The number of nitrogens with zero attached hydrogens (tertiary/aromatic N) is 1. The van der Waals surface area contributed by atoms with Gasteiger partial charge in [0.25, 0.3) is 0 Å². The van der Waals surface area contributed by atoms with Crippen molar-refractivity contribution in [2.75, 3.05) is 23.3 Å². The van der Waals surface area contributed by atoms with Gasteiger partial charge in [0.05, 0.1) is 16.8 Å². The van der Waals surface area contributed by atoms with Gasteiger partial charge in [-0.1, -0.05) is 35.9 Å². The fraction of sp³-hybridized carbons (Fsp3) is 0.350. The highest BCUT2D eigenvalue weighted by molar-refractivity contribution is 7.80. The summed E-state index contributed by atoms with van der Waals surface area (Å²) in [6.45, 7) is 4.44. The van der Waals surface area contributed by atoms with Crippen molar-refractivity contribution in [1.82, 2.24) is 5.32 Å². The molecular weight excluding hydrogens is 350 g/mol. The summed E-state index contributed by atoms with van der Waals surface area (Å²) in [5.74, 6) is 0. The average Bonchev–Trinajstić information content (AvgIpc) is 2.64. The maximum Gasteiger partial charge on any atom is 0.171 e. The number of hydrogen-bond donors (Lipinski definition) is 2. The van der Waals surface area contributed by atoms with Crippen molar-refractivity contribution in [3.63, 3.8) is 0 Å². The second-order valence-electron chi connectivity index (χ2n) is 6.44. The Balaban J connectivity index is 1.58. The van der Waals surface area contributed by atoms with E-state index in [-0.39, 0.29) is 6.04 Å². The van der Waals surface area contributed by atoms with Crippen molar-refractivity contribution >= 4 is 40.3 Å². The summed E-state index contributed by atoms with van der Waals surface area (Å²) in [5, 5.41) is 7.70. The lowest BCUT2D eigenvalue weighted by Crippen LogP contribution is -2.31. The lowest BCUT2D eigenvalue weighted by atomic mass is 10.1. The monoisotopic (exact) mass is 373 g/mol. The molecule has 1 heterocycles. The number of benzene rings is 2. The van der Waals surface area contributed by atoms with E-state index >= 15 is 0 Å². The molecular formula is C20H24ClN3S. The summed E-state index contributed by atoms with van der Waals surface area (Å²) in [7, 11) is 0. The maximum absolute atomic E-state index is 6.16. The first kappa shape index (κ1) is 18.0. The molecule has 0 amide bonds. The van der Waals surface area contributed by atoms with Crippen LogP contribution in [0.1, 0.15) is 37.8 Å². The Morgan fingerprint density at radius 1 is 1.04 bits per heavy atom. The van der Waals surface area contributed by atoms with Crippen molar-refractivity contribution in [2.24, 2.45) is 0 Å². The van der Waals surface area contributed by atoms with Crippen molar-refractivity contribution in [2.45, 2.75) is 32.2 Å². The van der Waals surface area contributed by atoms with Crippen LogP contribution in [-0.4, -0.2) is 18.2 Å². The van der Waals surface area contributed by atoms with E-state index in [2.05, 4.69) is 46.7 Å². The van der Waals surface area contributed by atoms with Gasteiger partial charge < -0.3 is 15.5 Å². The first-order valence-corrected chi connectivity index (χ1v) is 9.59. The molecule has 1 saturated heterocycles. The molecule has 3 nitrogen and oxygen atoms in total. The Kier molecular flexibility index (Phi) is 6.16. The maximum atomic E-state index is 6.16. The fourth-order valence-corrected chi connectivity index (χ4v) is 3.60. The summed E-state index contributed by atoms with van der Waals surface area (Å²) in [4.78, 5) is 2.47. The quantitative estimate of drug-likeness (QED) is 0.704. The number of halogens is 1. The van der Waals surface area contributed by atoms with Gasteiger partial charge in [0.2, 0.25) is 0 Å². The SMILES string of the molecule is CC(NC(=S)Nc1ccccc1Cl)c1ccc(N2CCCCC2)cc1. The molecule has 1 fully saturated rings. The molecule has 3 rings (SSSR count). The summed E-state index contributed by atoms with van der Waals surface area (Å²) >= 11 is 11.6. The van der Waals surface area contributed by atoms with Gasteiger partial charge >= 0.3 is 0 Å². The van der Waals surface area contributed by atoms with E-state index < -0.39 is 0 Å². The highest BCUT2D eigenvalue weighted by Crippen LogP contribution is 2.23. The number of thiocarbonyl (C=S) groups is 1. The molecule has 1 atom stereocenters. The third-order valence-corrected chi connectivity index (χ3v) is 5.13. The van der Waals surface area contributed by atoms with Crippen LogP contribution < -0.4 is 15.5 Å². The van der Waals surface area contributed by atoms with E-state index in [9.17, 15) is 0 Å². The normalized spacial score (nSPS) is 15.5. The van der Waals surface area contributed by atoms with Gasteiger partial charge in [0, 0.05) is 18.8 Å². The van der Waals surface area contributed by atoms with Crippen molar-refractivity contribution in [3.8, 4) is 0 Å². The van der Waals surface area contributed by atoms with E-state index in [1.807, 2.05) is 24.3 Å². The standard InChI is InChI=1S/C20H24ClN3S/c1-15(22-20(25)23-19-8-4-3-7-18(19)21)16-9-11-17(12-10-16)24-13-5-2-6-14-24/h3-4,7-12,15H,2,5-6,13-14H2,1H3,(H2,22,23,25). The number of anilines is 2. The number of nitrogens with one attached hydrogen (secondary N) is 2. The van der Waals surface area contributed by atoms with Crippen LogP contribution in [-0.2, 0) is 0 Å². The van der Waals surface area contributed by atoms with Crippen LogP contribution in [0.5, 0.6) is 0 Å². The molecule has 1 aliphatic rings. The third kappa shape index (κ3) is 4.86. The first-order valence-electron chi connectivity index (χ1n) is 8.80. The predicted octanol–water partition coefficient (Wildman–Crippen LogP) is 5.38. The Morgan fingerprint density at radius 3 is 2.40 bits per heavy atom.